The average molecular weight is 308 g/mol. The van der Waals surface area contributed by atoms with E-state index in [1.807, 2.05) is 43.1 Å². The number of carboxylic acids is 1. The van der Waals surface area contributed by atoms with Gasteiger partial charge in [-0.05, 0) is 36.3 Å². The molecule has 0 radical (unpaired) electrons. The zero-order valence-corrected chi connectivity index (χ0v) is 12.9. The summed E-state index contributed by atoms with van der Waals surface area (Å²) in [6.07, 6.45) is 1.67. The standard InChI is InChI=1S/C15H20N2O3S/c1-17(13-8-9-21-10-13)15(20)16-12-5-2-11(3-6-12)4-7-14(18)19/h2-3,5-6,13H,4,7-10H2,1H3,(H,16,20)(H,18,19). The Morgan fingerprint density at radius 2 is 2.10 bits per heavy atom. The molecule has 0 bridgehead atoms. The minimum Gasteiger partial charge on any atom is -0.481 e. The summed E-state index contributed by atoms with van der Waals surface area (Å²) >= 11 is 1.87. The maximum atomic E-state index is 12.1. The molecule has 1 saturated heterocycles. The number of nitrogens with one attached hydrogen (secondary N) is 1. The van der Waals surface area contributed by atoms with E-state index >= 15 is 0 Å². The number of hydrogen-bond donors (Lipinski definition) is 2. The predicted molar refractivity (Wildman–Crippen MR) is 84.9 cm³/mol. The van der Waals surface area contributed by atoms with Crippen molar-refractivity contribution in [1.29, 1.82) is 0 Å². The molecule has 0 aromatic heterocycles. The zero-order valence-electron chi connectivity index (χ0n) is 12.0. The molecule has 0 spiro atoms. The normalized spacial score (nSPS) is 17.5. The molecule has 2 amide bonds. The van der Waals surface area contributed by atoms with Gasteiger partial charge in [-0.2, -0.15) is 11.8 Å². The largest absolute Gasteiger partial charge is 0.481 e. The summed E-state index contributed by atoms with van der Waals surface area (Å²) in [6.45, 7) is 0. The summed E-state index contributed by atoms with van der Waals surface area (Å²) < 4.78 is 0. The summed E-state index contributed by atoms with van der Waals surface area (Å²) in [7, 11) is 1.83. The first-order valence-electron chi connectivity index (χ1n) is 6.98. The van der Waals surface area contributed by atoms with E-state index in [1.165, 1.54) is 0 Å². The Morgan fingerprint density at radius 1 is 1.38 bits per heavy atom. The molecule has 1 aliphatic heterocycles. The van der Waals surface area contributed by atoms with Crippen LogP contribution < -0.4 is 5.32 Å². The second-order valence-corrected chi connectivity index (χ2v) is 6.30. The highest BCUT2D eigenvalue weighted by atomic mass is 32.2. The van der Waals surface area contributed by atoms with E-state index in [0.717, 1.165) is 29.2 Å². The Bertz CT molecular complexity index is 498. The number of carbonyl (C=O) groups excluding carboxylic acids is 1. The number of nitrogens with zero attached hydrogens (tertiary/aromatic N) is 1. The van der Waals surface area contributed by atoms with Crippen molar-refractivity contribution in [2.45, 2.75) is 25.3 Å². The van der Waals surface area contributed by atoms with Crippen LogP contribution in [0.4, 0.5) is 10.5 Å². The van der Waals surface area contributed by atoms with Gasteiger partial charge in [-0.15, -0.1) is 0 Å². The Kier molecular flexibility index (Phi) is 5.50. The van der Waals surface area contributed by atoms with Gasteiger partial charge in [0.05, 0.1) is 0 Å². The summed E-state index contributed by atoms with van der Waals surface area (Å²) in [5.41, 5.74) is 1.69. The first-order chi connectivity index (χ1) is 10.1. The predicted octanol–water partition coefficient (Wildman–Crippen LogP) is 2.67. The van der Waals surface area contributed by atoms with E-state index in [0.29, 0.717) is 12.5 Å². The minimum atomic E-state index is -0.802. The van der Waals surface area contributed by atoms with Gasteiger partial charge in [-0.3, -0.25) is 4.79 Å². The lowest BCUT2D eigenvalue weighted by atomic mass is 10.1. The lowest BCUT2D eigenvalue weighted by molar-refractivity contribution is -0.136. The quantitative estimate of drug-likeness (QED) is 0.877. The minimum absolute atomic E-state index is 0.0965. The fourth-order valence-electron chi connectivity index (χ4n) is 2.21. The lowest BCUT2D eigenvalue weighted by Gasteiger charge is -2.24. The number of hydrogen-bond acceptors (Lipinski definition) is 3. The van der Waals surface area contributed by atoms with Gasteiger partial charge in [0.25, 0.3) is 0 Å². The SMILES string of the molecule is CN(C(=O)Nc1ccc(CCC(=O)O)cc1)C1CCSC1. The van der Waals surface area contributed by atoms with E-state index in [9.17, 15) is 9.59 Å². The second kappa shape index (κ2) is 7.36. The van der Waals surface area contributed by atoms with E-state index < -0.39 is 5.97 Å². The fourth-order valence-corrected chi connectivity index (χ4v) is 3.48. The van der Waals surface area contributed by atoms with Crippen LogP contribution in [-0.4, -0.2) is 46.6 Å². The second-order valence-electron chi connectivity index (χ2n) is 5.15. The molecule has 2 N–H and O–H groups in total. The number of thioether (sulfide) groups is 1. The molecule has 2 rings (SSSR count). The van der Waals surface area contributed by atoms with E-state index in [2.05, 4.69) is 5.32 Å². The molecule has 1 aromatic rings. The van der Waals surface area contributed by atoms with Crippen LogP contribution in [0.15, 0.2) is 24.3 Å². The molecule has 1 aliphatic rings. The lowest BCUT2D eigenvalue weighted by Crippen LogP contribution is -2.39. The van der Waals surface area contributed by atoms with Crippen molar-refractivity contribution >= 4 is 29.4 Å². The van der Waals surface area contributed by atoms with Crippen molar-refractivity contribution < 1.29 is 14.7 Å². The Balaban J connectivity index is 1.87. The van der Waals surface area contributed by atoms with Crippen molar-refractivity contribution in [3.05, 3.63) is 29.8 Å². The number of rotatable bonds is 5. The Morgan fingerprint density at radius 3 is 2.67 bits per heavy atom. The van der Waals surface area contributed by atoms with Crippen molar-refractivity contribution in [3.8, 4) is 0 Å². The van der Waals surface area contributed by atoms with Crippen LogP contribution in [0.2, 0.25) is 0 Å². The number of aryl methyl sites for hydroxylation is 1. The molecule has 1 unspecified atom stereocenters. The zero-order chi connectivity index (χ0) is 15.2. The number of anilines is 1. The molecule has 21 heavy (non-hydrogen) atoms. The number of benzene rings is 1. The van der Waals surface area contributed by atoms with Crippen LogP contribution >= 0.6 is 11.8 Å². The van der Waals surface area contributed by atoms with Gasteiger partial charge in [0.2, 0.25) is 0 Å². The fraction of sp³-hybridized carbons (Fsp3) is 0.467. The number of carbonyl (C=O) groups is 2. The Labute approximate surface area is 128 Å². The maximum absolute atomic E-state index is 12.1. The van der Waals surface area contributed by atoms with E-state index in [1.54, 1.807) is 4.90 Å². The van der Waals surface area contributed by atoms with Crippen molar-refractivity contribution in [2.24, 2.45) is 0 Å². The molecule has 1 heterocycles. The molecular formula is C15H20N2O3S. The van der Waals surface area contributed by atoms with Gasteiger partial charge in [0.15, 0.2) is 0 Å². The third kappa shape index (κ3) is 4.67. The number of aliphatic carboxylic acids is 1. The van der Waals surface area contributed by atoms with Crippen molar-refractivity contribution in [3.63, 3.8) is 0 Å². The van der Waals surface area contributed by atoms with Crippen LogP contribution in [0.1, 0.15) is 18.4 Å². The highest BCUT2D eigenvalue weighted by molar-refractivity contribution is 7.99. The molecule has 1 fully saturated rings. The van der Waals surface area contributed by atoms with Gasteiger partial charge >= 0.3 is 12.0 Å². The Hall–Kier alpha value is -1.69. The first kappa shape index (κ1) is 15.7. The van der Waals surface area contributed by atoms with Gasteiger partial charge in [0, 0.05) is 31.0 Å². The molecule has 114 valence electrons. The van der Waals surface area contributed by atoms with Gasteiger partial charge in [-0.1, -0.05) is 12.1 Å². The van der Waals surface area contributed by atoms with Crippen LogP contribution in [-0.2, 0) is 11.2 Å². The van der Waals surface area contributed by atoms with E-state index in [4.69, 9.17) is 5.11 Å². The number of urea groups is 1. The monoisotopic (exact) mass is 308 g/mol. The van der Waals surface area contributed by atoms with Gasteiger partial charge in [0.1, 0.15) is 0 Å². The highest BCUT2D eigenvalue weighted by Crippen LogP contribution is 2.22. The van der Waals surface area contributed by atoms with Gasteiger partial charge in [-0.25, -0.2) is 4.79 Å². The third-order valence-corrected chi connectivity index (χ3v) is 4.75. The molecule has 5 nitrogen and oxygen atoms in total. The smallest absolute Gasteiger partial charge is 0.321 e. The molecule has 1 aromatic carbocycles. The van der Waals surface area contributed by atoms with Crippen molar-refractivity contribution in [1.82, 2.24) is 4.90 Å². The topological polar surface area (TPSA) is 69.6 Å². The van der Waals surface area contributed by atoms with Crippen LogP contribution in [0.5, 0.6) is 0 Å². The van der Waals surface area contributed by atoms with E-state index in [-0.39, 0.29) is 12.5 Å². The van der Waals surface area contributed by atoms with Gasteiger partial charge < -0.3 is 15.3 Å². The highest BCUT2D eigenvalue weighted by Gasteiger charge is 2.23. The number of amides is 2. The number of carboxylic acid groups (broad SMARTS) is 1. The van der Waals surface area contributed by atoms with Crippen LogP contribution in [0, 0.1) is 0 Å². The maximum Gasteiger partial charge on any atom is 0.321 e. The third-order valence-electron chi connectivity index (χ3n) is 3.61. The summed E-state index contributed by atoms with van der Waals surface area (Å²) in [5, 5.41) is 11.5. The summed E-state index contributed by atoms with van der Waals surface area (Å²) in [6, 6.07) is 7.54. The molecule has 6 heteroatoms. The first-order valence-corrected chi connectivity index (χ1v) is 8.14. The van der Waals surface area contributed by atoms with Crippen molar-refractivity contribution in [2.75, 3.05) is 23.9 Å². The molecule has 0 saturated carbocycles. The average Bonchev–Trinajstić information content (AvgIpc) is 2.99. The summed E-state index contributed by atoms with van der Waals surface area (Å²) in [4.78, 5) is 24.4. The molecule has 0 aliphatic carbocycles. The molecule has 1 atom stereocenters. The van der Waals surface area contributed by atoms with Crippen LogP contribution in [0.25, 0.3) is 0 Å². The van der Waals surface area contributed by atoms with Crippen LogP contribution in [0.3, 0.4) is 0 Å². The summed E-state index contributed by atoms with van der Waals surface area (Å²) in [5.74, 6) is 1.31. The molecular weight excluding hydrogens is 288 g/mol.